The van der Waals surface area contributed by atoms with Crippen molar-refractivity contribution in [1.29, 1.82) is 0 Å². The molecular formula is C17H28N2O2S. The van der Waals surface area contributed by atoms with Gasteiger partial charge in [-0.05, 0) is 32.0 Å². The lowest BCUT2D eigenvalue weighted by Gasteiger charge is -2.38. The van der Waals surface area contributed by atoms with Crippen LogP contribution in [0, 0.1) is 0 Å². The van der Waals surface area contributed by atoms with E-state index in [1.807, 2.05) is 11.8 Å². The SMILES string of the molecule is CN1CCN(Cc2ccc(SC3CCCCC3)o2)C[C@@H]1CO. The zero-order valence-corrected chi connectivity index (χ0v) is 14.4. The van der Waals surface area contributed by atoms with Gasteiger partial charge in [-0.2, -0.15) is 0 Å². The highest BCUT2D eigenvalue weighted by Crippen LogP contribution is 2.34. The molecule has 0 radical (unpaired) electrons. The van der Waals surface area contributed by atoms with Gasteiger partial charge in [0.05, 0.1) is 13.2 Å². The Kier molecular flexibility index (Phi) is 5.85. The summed E-state index contributed by atoms with van der Waals surface area (Å²) in [5.41, 5.74) is 0. The summed E-state index contributed by atoms with van der Waals surface area (Å²) in [7, 11) is 2.09. The van der Waals surface area contributed by atoms with Gasteiger partial charge in [0.1, 0.15) is 5.76 Å². The van der Waals surface area contributed by atoms with Crippen LogP contribution >= 0.6 is 11.8 Å². The molecule has 1 N–H and O–H groups in total. The van der Waals surface area contributed by atoms with E-state index in [2.05, 4.69) is 29.0 Å². The molecule has 0 unspecified atom stereocenters. The topological polar surface area (TPSA) is 39.9 Å². The molecule has 0 bridgehead atoms. The standard InChI is InChI=1S/C17H28N2O2S/c1-18-9-10-19(11-14(18)13-20)12-15-7-8-17(21-15)22-16-5-3-2-4-6-16/h7-8,14,16,20H,2-6,9-13H2,1H3/t14-/m1/s1. The van der Waals surface area contributed by atoms with Crippen molar-refractivity contribution in [2.75, 3.05) is 33.3 Å². The molecule has 22 heavy (non-hydrogen) atoms. The van der Waals surface area contributed by atoms with Crippen LogP contribution in [0.4, 0.5) is 0 Å². The van der Waals surface area contributed by atoms with Crippen molar-refractivity contribution in [3.8, 4) is 0 Å². The molecule has 0 amide bonds. The zero-order chi connectivity index (χ0) is 15.4. The summed E-state index contributed by atoms with van der Waals surface area (Å²) in [6.45, 7) is 4.05. The molecule has 1 saturated heterocycles. The quantitative estimate of drug-likeness (QED) is 0.902. The molecule has 1 atom stereocenters. The first-order valence-electron chi connectivity index (χ1n) is 8.53. The third-order valence-corrected chi connectivity index (χ3v) is 6.18. The van der Waals surface area contributed by atoms with Crippen LogP contribution in [0.5, 0.6) is 0 Å². The minimum Gasteiger partial charge on any atom is -0.454 e. The van der Waals surface area contributed by atoms with Crippen molar-refractivity contribution in [3.05, 3.63) is 17.9 Å². The Morgan fingerprint density at radius 1 is 1.23 bits per heavy atom. The van der Waals surface area contributed by atoms with E-state index in [0.29, 0.717) is 0 Å². The maximum absolute atomic E-state index is 9.44. The molecular weight excluding hydrogens is 296 g/mol. The van der Waals surface area contributed by atoms with Crippen molar-refractivity contribution in [2.24, 2.45) is 0 Å². The first-order chi connectivity index (χ1) is 10.7. The van der Waals surface area contributed by atoms with Crippen molar-refractivity contribution < 1.29 is 9.52 Å². The van der Waals surface area contributed by atoms with E-state index in [1.54, 1.807) is 0 Å². The fraction of sp³-hybridized carbons (Fsp3) is 0.765. The maximum Gasteiger partial charge on any atom is 0.160 e. The molecule has 1 saturated carbocycles. The highest BCUT2D eigenvalue weighted by molar-refractivity contribution is 7.99. The summed E-state index contributed by atoms with van der Waals surface area (Å²) in [5.74, 6) is 1.06. The minimum absolute atomic E-state index is 0.230. The lowest BCUT2D eigenvalue weighted by atomic mass is 10.0. The van der Waals surface area contributed by atoms with Gasteiger partial charge in [-0.3, -0.25) is 9.80 Å². The minimum atomic E-state index is 0.230. The van der Waals surface area contributed by atoms with E-state index in [4.69, 9.17) is 4.42 Å². The number of rotatable bonds is 5. The molecule has 0 aromatic carbocycles. The lowest BCUT2D eigenvalue weighted by molar-refractivity contribution is 0.0503. The third-order valence-electron chi connectivity index (χ3n) is 4.92. The number of likely N-dealkylation sites (N-methyl/N-ethyl adjacent to an activating group) is 1. The van der Waals surface area contributed by atoms with Crippen LogP contribution in [-0.4, -0.2) is 59.5 Å². The highest BCUT2D eigenvalue weighted by atomic mass is 32.2. The smallest absolute Gasteiger partial charge is 0.160 e. The van der Waals surface area contributed by atoms with E-state index >= 15 is 0 Å². The Hall–Kier alpha value is -0.490. The Labute approximate surface area is 137 Å². The van der Waals surface area contributed by atoms with Crippen molar-refractivity contribution >= 4 is 11.8 Å². The van der Waals surface area contributed by atoms with Crippen LogP contribution in [0.2, 0.25) is 0 Å². The summed E-state index contributed by atoms with van der Waals surface area (Å²) >= 11 is 1.92. The fourth-order valence-corrected chi connectivity index (χ4v) is 4.62. The number of nitrogens with zero attached hydrogens (tertiary/aromatic N) is 2. The van der Waals surface area contributed by atoms with Gasteiger partial charge >= 0.3 is 0 Å². The summed E-state index contributed by atoms with van der Waals surface area (Å²) < 4.78 is 6.03. The van der Waals surface area contributed by atoms with E-state index < -0.39 is 0 Å². The zero-order valence-electron chi connectivity index (χ0n) is 13.5. The van der Waals surface area contributed by atoms with Crippen LogP contribution in [0.15, 0.2) is 21.6 Å². The van der Waals surface area contributed by atoms with E-state index in [9.17, 15) is 5.11 Å². The van der Waals surface area contributed by atoms with E-state index in [-0.39, 0.29) is 12.6 Å². The molecule has 0 spiro atoms. The predicted octanol–water partition coefficient (Wildman–Crippen LogP) is 2.81. The van der Waals surface area contributed by atoms with Crippen LogP contribution in [0.3, 0.4) is 0 Å². The van der Waals surface area contributed by atoms with E-state index in [1.165, 1.54) is 32.1 Å². The summed E-state index contributed by atoms with van der Waals surface area (Å²) in [6, 6.07) is 4.51. The van der Waals surface area contributed by atoms with Gasteiger partial charge in [-0.15, -0.1) is 0 Å². The second kappa shape index (κ2) is 7.86. The number of hydrogen-bond acceptors (Lipinski definition) is 5. The second-order valence-electron chi connectivity index (χ2n) is 6.65. The van der Waals surface area contributed by atoms with Crippen LogP contribution in [0.1, 0.15) is 37.9 Å². The number of hydrogen-bond donors (Lipinski definition) is 1. The molecule has 3 rings (SSSR count). The molecule has 1 aliphatic carbocycles. The molecule has 2 heterocycles. The maximum atomic E-state index is 9.44. The first-order valence-corrected chi connectivity index (χ1v) is 9.41. The molecule has 1 aromatic heterocycles. The van der Waals surface area contributed by atoms with Crippen LogP contribution in [0.25, 0.3) is 0 Å². The number of piperazine rings is 1. The van der Waals surface area contributed by atoms with Gasteiger partial charge in [0.25, 0.3) is 0 Å². The number of aliphatic hydroxyl groups excluding tert-OH is 1. The molecule has 5 heteroatoms. The van der Waals surface area contributed by atoms with Gasteiger partial charge in [0, 0.05) is 30.9 Å². The molecule has 1 aromatic rings. The van der Waals surface area contributed by atoms with Gasteiger partial charge in [-0.25, -0.2) is 0 Å². The summed E-state index contributed by atoms with van der Waals surface area (Å²) in [6.07, 6.45) is 6.80. The molecule has 2 fully saturated rings. The molecule has 124 valence electrons. The lowest BCUT2D eigenvalue weighted by Crippen LogP contribution is -2.52. The predicted molar refractivity (Wildman–Crippen MR) is 90.2 cm³/mol. The van der Waals surface area contributed by atoms with Crippen molar-refractivity contribution in [2.45, 2.75) is 55.0 Å². The average Bonchev–Trinajstić information content (AvgIpc) is 2.97. The highest BCUT2D eigenvalue weighted by Gasteiger charge is 2.24. The molecule has 4 nitrogen and oxygen atoms in total. The first kappa shape index (κ1) is 16.4. The second-order valence-corrected chi connectivity index (χ2v) is 7.96. The van der Waals surface area contributed by atoms with Gasteiger partial charge in [0.2, 0.25) is 0 Å². The summed E-state index contributed by atoms with van der Waals surface area (Å²) in [5, 5.41) is 11.3. The summed E-state index contributed by atoms with van der Waals surface area (Å²) in [4.78, 5) is 4.62. The van der Waals surface area contributed by atoms with Gasteiger partial charge < -0.3 is 9.52 Å². The largest absolute Gasteiger partial charge is 0.454 e. The number of furan rings is 1. The fourth-order valence-electron chi connectivity index (χ4n) is 3.43. The third kappa shape index (κ3) is 4.28. The van der Waals surface area contributed by atoms with Gasteiger partial charge in [-0.1, -0.05) is 31.0 Å². The van der Waals surface area contributed by atoms with Crippen LogP contribution in [-0.2, 0) is 6.54 Å². The number of aliphatic hydroxyl groups is 1. The van der Waals surface area contributed by atoms with Gasteiger partial charge in [0.15, 0.2) is 5.09 Å². The monoisotopic (exact) mass is 324 g/mol. The van der Waals surface area contributed by atoms with E-state index in [0.717, 1.165) is 42.3 Å². The Bertz CT molecular complexity index is 459. The van der Waals surface area contributed by atoms with Crippen molar-refractivity contribution in [1.82, 2.24) is 9.80 Å². The Morgan fingerprint density at radius 2 is 2.05 bits per heavy atom. The van der Waals surface area contributed by atoms with Crippen molar-refractivity contribution in [3.63, 3.8) is 0 Å². The average molecular weight is 324 g/mol. The Morgan fingerprint density at radius 3 is 2.82 bits per heavy atom. The normalized spacial score (nSPS) is 25.6. The van der Waals surface area contributed by atoms with Crippen LogP contribution < -0.4 is 0 Å². The molecule has 1 aliphatic heterocycles. The molecule has 2 aliphatic rings. The number of thioether (sulfide) groups is 1. The Balaban J connectivity index is 1.50.